The SMILES string of the molecule is CCNC(=O)Nc1ccc2ncc(-c3cc(C)c(O)c(C)c3)nc2n1. The number of benzene rings is 1. The zero-order valence-corrected chi connectivity index (χ0v) is 14.3. The summed E-state index contributed by atoms with van der Waals surface area (Å²) >= 11 is 0. The van der Waals surface area contributed by atoms with E-state index in [4.69, 9.17) is 0 Å². The average Bonchev–Trinajstić information content (AvgIpc) is 2.58. The fourth-order valence-electron chi connectivity index (χ4n) is 2.53. The quantitative estimate of drug-likeness (QED) is 0.682. The lowest BCUT2D eigenvalue weighted by molar-refractivity contribution is 0.252. The molecule has 2 amide bonds. The number of anilines is 1. The molecule has 0 unspecified atom stereocenters. The highest BCUT2D eigenvalue weighted by Gasteiger charge is 2.09. The minimum atomic E-state index is -0.316. The fraction of sp³-hybridized carbons (Fsp3) is 0.222. The van der Waals surface area contributed by atoms with Crippen molar-refractivity contribution in [2.45, 2.75) is 20.8 Å². The van der Waals surface area contributed by atoms with E-state index >= 15 is 0 Å². The number of aryl methyl sites for hydroxylation is 2. The number of urea groups is 1. The summed E-state index contributed by atoms with van der Waals surface area (Å²) in [4.78, 5) is 24.9. The molecule has 0 atom stereocenters. The third-order valence-corrected chi connectivity index (χ3v) is 3.77. The van der Waals surface area contributed by atoms with Crippen molar-refractivity contribution in [3.63, 3.8) is 0 Å². The molecule has 128 valence electrons. The molecule has 0 aliphatic carbocycles. The molecule has 0 fully saturated rings. The van der Waals surface area contributed by atoms with Gasteiger partial charge in [-0.15, -0.1) is 0 Å². The normalized spacial score (nSPS) is 10.7. The van der Waals surface area contributed by atoms with Crippen LogP contribution in [-0.4, -0.2) is 32.6 Å². The van der Waals surface area contributed by atoms with Crippen LogP contribution in [0.5, 0.6) is 5.75 Å². The number of rotatable bonds is 3. The summed E-state index contributed by atoms with van der Waals surface area (Å²) in [7, 11) is 0. The van der Waals surface area contributed by atoms with Gasteiger partial charge in [0.25, 0.3) is 0 Å². The van der Waals surface area contributed by atoms with E-state index in [1.54, 1.807) is 18.3 Å². The van der Waals surface area contributed by atoms with Crippen LogP contribution in [0.1, 0.15) is 18.1 Å². The maximum Gasteiger partial charge on any atom is 0.320 e. The number of aromatic nitrogens is 3. The second kappa shape index (κ2) is 6.72. The van der Waals surface area contributed by atoms with Crippen LogP contribution in [0, 0.1) is 13.8 Å². The first-order valence-corrected chi connectivity index (χ1v) is 7.97. The van der Waals surface area contributed by atoms with Crippen LogP contribution in [0.3, 0.4) is 0 Å². The first-order valence-electron chi connectivity index (χ1n) is 7.97. The van der Waals surface area contributed by atoms with Crippen LogP contribution >= 0.6 is 0 Å². The molecule has 3 aromatic rings. The molecular formula is C18H19N5O2. The topological polar surface area (TPSA) is 100 Å². The third kappa shape index (κ3) is 3.50. The van der Waals surface area contributed by atoms with E-state index in [0.29, 0.717) is 29.2 Å². The molecule has 1 aromatic carbocycles. The van der Waals surface area contributed by atoms with Gasteiger partial charge in [0.15, 0.2) is 5.65 Å². The Bertz CT molecular complexity index is 932. The molecule has 3 N–H and O–H groups in total. The number of phenolic OH excluding ortho intramolecular Hbond substituents is 1. The molecule has 7 nitrogen and oxygen atoms in total. The Kier molecular flexibility index (Phi) is 4.47. The number of pyridine rings is 1. The summed E-state index contributed by atoms with van der Waals surface area (Å²) in [6.07, 6.45) is 1.67. The minimum absolute atomic E-state index is 0.282. The van der Waals surface area contributed by atoms with Crippen molar-refractivity contribution in [1.29, 1.82) is 0 Å². The van der Waals surface area contributed by atoms with E-state index in [2.05, 4.69) is 25.6 Å². The van der Waals surface area contributed by atoms with Gasteiger partial charge in [0, 0.05) is 12.1 Å². The van der Waals surface area contributed by atoms with E-state index in [9.17, 15) is 9.90 Å². The van der Waals surface area contributed by atoms with Crippen LogP contribution in [0.25, 0.3) is 22.4 Å². The van der Waals surface area contributed by atoms with Gasteiger partial charge in [-0.3, -0.25) is 10.3 Å². The molecule has 0 aliphatic rings. The first-order chi connectivity index (χ1) is 12.0. The number of hydrogen-bond donors (Lipinski definition) is 3. The molecule has 2 aromatic heterocycles. The molecule has 2 heterocycles. The van der Waals surface area contributed by atoms with Crippen LogP contribution in [0.15, 0.2) is 30.5 Å². The molecule has 0 aliphatic heterocycles. The molecule has 0 spiro atoms. The van der Waals surface area contributed by atoms with Crippen LogP contribution in [0.4, 0.5) is 10.6 Å². The van der Waals surface area contributed by atoms with Gasteiger partial charge in [0.1, 0.15) is 17.1 Å². The van der Waals surface area contributed by atoms with Gasteiger partial charge < -0.3 is 10.4 Å². The summed E-state index contributed by atoms with van der Waals surface area (Å²) in [6, 6.07) is 6.84. The molecule has 3 rings (SSSR count). The van der Waals surface area contributed by atoms with Gasteiger partial charge in [0.05, 0.1) is 11.9 Å². The number of carbonyl (C=O) groups is 1. The predicted octanol–water partition coefficient (Wildman–Crippen LogP) is 3.16. The first kappa shape index (κ1) is 16.6. The highest BCUT2D eigenvalue weighted by Crippen LogP contribution is 2.28. The van der Waals surface area contributed by atoms with E-state index in [0.717, 1.165) is 16.7 Å². The molecule has 0 saturated carbocycles. The van der Waals surface area contributed by atoms with Crippen molar-refractivity contribution >= 4 is 23.0 Å². The Hall–Kier alpha value is -3.22. The van der Waals surface area contributed by atoms with Crippen molar-refractivity contribution in [2.24, 2.45) is 0 Å². The van der Waals surface area contributed by atoms with Gasteiger partial charge in [0.2, 0.25) is 0 Å². The maximum atomic E-state index is 11.6. The number of aromatic hydroxyl groups is 1. The van der Waals surface area contributed by atoms with Crippen molar-refractivity contribution in [3.05, 3.63) is 41.6 Å². The van der Waals surface area contributed by atoms with E-state index in [-0.39, 0.29) is 11.8 Å². The average molecular weight is 337 g/mol. The second-order valence-corrected chi connectivity index (χ2v) is 5.74. The molecule has 0 radical (unpaired) electrons. The van der Waals surface area contributed by atoms with E-state index in [1.165, 1.54) is 0 Å². The number of fused-ring (bicyclic) bond motifs is 1. The van der Waals surface area contributed by atoms with Crippen molar-refractivity contribution in [3.8, 4) is 17.0 Å². The number of amides is 2. The minimum Gasteiger partial charge on any atom is -0.507 e. The smallest absolute Gasteiger partial charge is 0.320 e. The molecule has 0 saturated heterocycles. The van der Waals surface area contributed by atoms with Crippen molar-refractivity contribution in [2.75, 3.05) is 11.9 Å². The molecular weight excluding hydrogens is 318 g/mol. The summed E-state index contributed by atoms with van der Waals surface area (Å²) < 4.78 is 0. The number of nitrogens with zero attached hydrogens (tertiary/aromatic N) is 3. The van der Waals surface area contributed by atoms with Gasteiger partial charge in [-0.1, -0.05) is 0 Å². The summed E-state index contributed by atoms with van der Waals surface area (Å²) in [5.74, 6) is 0.687. The maximum absolute atomic E-state index is 11.6. The lowest BCUT2D eigenvalue weighted by Gasteiger charge is -2.09. The Morgan fingerprint density at radius 3 is 2.56 bits per heavy atom. The highest BCUT2D eigenvalue weighted by molar-refractivity contribution is 5.89. The molecule has 0 bridgehead atoms. The lowest BCUT2D eigenvalue weighted by atomic mass is 10.0. The molecule has 7 heteroatoms. The molecule has 25 heavy (non-hydrogen) atoms. The monoisotopic (exact) mass is 337 g/mol. The fourth-order valence-corrected chi connectivity index (χ4v) is 2.53. The number of hydrogen-bond acceptors (Lipinski definition) is 5. The Morgan fingerprint density at radius 1 is 1.16 bits per heavy atom. The zero-order valence-electron chi connectivity index (χ0n) is 14.3. The summed E-state index contributed by atoms with van der Waals surface area (Å²) in [6.45, 7) is 6.05. The van der Waals surface area contributed by atoms with Crippen LogP contribution in [0.2, 0.25) is 0 Å². The highest BCUT2D eigenvalue weighted by atomic mass is 16.3. The largest absolute Gasteiger partial charge is 0.507 e. The van der Waals surface area contributed by atoms with Gasteiger partial charge in [-0.05, 0) is 56.2 Å². The Morgan fingerprint density at radius 2 is 1.88 bits per heavy atom. The van der Waals surface area contributed by atoms with Gasteiger partial charge >= 0.3 is 6.03 Å². The van der Waals surface area contributed by atoms with Gasteiger partial charge in [-0.25, -0.2) is 14.8 Å². The Balaban J connectivity index is 1.99. The predicted molar refractivity (Wildman–Crippen MR) is 96.6 cm³/mol. The van der Waals surface area contributed by atoms with E-state index < -0.39 is 0 Å². The number of carbonyl (C=O) groups excluding carboxylic acids is 1. The summed E-state index contributed by atoms with van der Waals surface area (Å²) in [5.41, 5.74) is 4.13. The standard InChI is InChI=1S/C18H19N5O2/c1-4-19-18(25)23-15-6-5-13-17(22-15)21-14(9-20-13)12-7-10(2)16(24)11(3)8-12/h5-9,24H,4H2,1-3H3,(H2,19,21,22,23,25). The van der Waals surface area contributed by atoms with Crippen molar-refractivity contribution < 1.29 is 9.90 Å². The third-order valence-electron chi connectivity index (χ3n) is 3.77. The second-order valence-electron chi connectivity index (χ2n) is 5.74. The lowest BCUT2D eigenvalue weighted by Crippen LogP contribution is -2.28. The Labute approximate surface area is 145 Å². The number of phenols is 1. The van der Waals surface area contributed by atoms with Crippen LogP contribution < -0.4 is 10.6 Å². The van der Waals surface area contributed by atoms with E-state index in [1.807, 2.05) is 32.9 Å². The van der Waals surface area contributed by atoms with Crippen molar-refractivity contribution in [1.82, 2.24) is 20.3 Å². The summed E-state index contributed by atoms with van der Waals surface area (Å²) in [5, 5.41) is 15.2. The zero-order chi connectivity index (χ0) is 18.0. The van der Waals surface area contributed by atoms with Gasteiger partial charge in [-0.2, -0.15) is 0 Å². The number of nitrogens with one attached hydrogen (secondary N) is 2. The van der Waals surface area contributed by atoms with Crippen LogP contribution in [-0.2, 0) is 0 Å².